The molecule has 1 aromatic heterocycles. The Morgan fingerprint density at radius 2 is 2.11 bits per heavy atom. The van der Waals surface area contributed by atoms with Crippen molar-refractivity contribution in [2.75, 3.05) is 17.6 Å². The van der Waals surface area contributed by atoms with Crippen LogP contribution < -0.4 is 11.1 Å². The highest BCUT2D eigenvalue weighted by atomic mass is 32.1. The van der Waals surface area contributed by atoms with E-state index in [1.54, 1.807) is 0 Å². The molecule has 0 bridgehead atoms. The molecule has 1 heterocycles. The zero-order chi connectivity index (χ0) is 13.5. The lowest BCUT2D eigenvalue weighted by atomic mass is 10.1. The minimum absolute atomic E-state index is 0.00311. The van der Waals surface area contributed by atoms with Crippen molar-refractivity contribution in [3.63, 3.8) is 0 Å². The molecule has 4 heteroatoms. The summed E-state index contributed by atoms with van der Waals surface area (Å²) < 4.78 is 0. The van der Waals surface area contributed by atoms with Crippen molar-refractivity contribution in [3.8, 4) is 0 Å². The average molecular weight is 268 g/mol. The SMILES string of the molecule is CCCCCCNc1cc(N)c(C(=O)C(C)C)s1. The Balaban J connectivity index is 2.49. The smallest absolute Gasteiger partial charge is 0.177 e. The maximum absolute atomic E-state index is 11.9. The Morgan fingerprint density at radius 1 is 1.39 bits per heavy atom. The van der Waals surface area contributed by atoms with E-state index in [0.717, 1.165) is 11.5 Å². The highest BCUT2D eigenvalue weighted by Gasteiger charge is 2.17. The van der Waals surface area contributed by atoms with E-state index in [9.17, 15) is 4.79 Å². The van der Waals surface area contributed by atoms with E-state index in [1.807, 2.05) is 19.9 Å². The van der Waals surface area contributed by atoms with E-state index >= 15 is 0 Å². The van der Waals surface area contributed by atoms with Gasteiger partial charge in [0.25, 0.3) is 0 Å². The van der Waals surface area contributed by atoms with Gasteiger partial charge in [-0.25, -0.2) is 0 Å². The number of carbonyl (C=O) groups excluding carboxylic acids is 1. The van der Waals surface area contributed by atoms with E-state index in [1.165, 1.54) is 37.0 Å². The normalized spacial score (nSPS) is 10.9. The lowest BCUT2D eigenvalue weighted by Gasteiger charge is -2.03. The number of rotatable bonds is 8. The Kier molecular flexibility index (Phi) is 6.19. The fourth-order valence-electron chi connectivity index (χ4n) is 1.71. The van der Waals surface area contributed by atoms with Crippen molar-refractivity contribution in [2.24, 2.45) is 5.92 Å². The predicted octanol–water partition coefficient (Wildman–Crippen LogP) is 4.16. The third-order valence-electron chi connectivity index (χ3n) is 2.84. The van der Waals surface area contributed by atoms with Crippen molar-refractivity contribution < 1.29 is 4.79 Å². The van der Waals surface area contributed by atoms with Crippen LogP contribution in [-0.4, -0.2) is 12.3 Å². The van der Waals surface area contributed by atoms with Gasteiger partial charge in [0.15, 0.2) is 5.78 Å². The number of hydrogen-bond acceptors (Lipinski definition) is 4. The highest BCUT2D eigenvalue weighted by molar-refractivity contribution is 7.18. The van der Waals surface area contributed by atoms with Crippen molar-refractivity contribution in [3.05, 3.63) is 10.9 Å². The summed E-state index contributed by atoms with van der Waals surface area (Å²) in [5.41, 5.74) is 6.49. The zero-order valence-corrected chi connectivity index (χ0v) is 12.4. The first-order valence-electron chi connectivity index (χ1n) is 6.73. The molecule has 0 atom stereocenters. The monoisotopic (exact) mass is 268 g/mol. The van der Waals surface area contributed by atoms with Gasteiger partial charge >= 0.3 is 0 Å². The first-order valence-corrected chi connectivity index (χ1v) is 7.55. The van der Waals surface area contributed by atoms with Gasteiger partial charge in [0, 0.05) is 12.5 Å². The summed E-state index contributed by atoms with van der Waals surface area (Å²) in [4.78, 5) is 12.6. The molecule has 0 spiro atoms. The molecule has 0 fully saturated rings. The maximum atomic E-state index is 11.9. The van der Waals surface area contributed by atoms with Gasteiger partial charge in [-0.3, -0.25) is 4.79 Å². The predicted molar refractivity (Wildman–Crippen MR) is 80.5 cm³/mol. The summed E-state index contributed by atoms with van der Waals surface area (Å²) >= 11 is 1.47. The van der Waals surface area contributed by atoms with Crippen LogP contribution in [0.1, 0.15) is 56.1 Å². The Bertz CT molecular complexity index is 385. The molecule has 0 unspecified atom stereocenters. The van der Waals surface area contributed by atoms with Gasteiger partial charge in [-0.1, -0.05) is 40.0 Å². The molecule has 3 nitrogen and oxygen atoms in total. The first kappa shape index (κ1) is 15.0. The van der Waals surface area contributed by atoms with Crippen LogP contribution >= 0.6 is 11.3 Å². The van der Waals surface area contributed by atoms with Crippen molar-refractivity contribution in [1.82, 2.24) is 0 Å². The van der Waals surface area contributed by atoms with Gasteiger partial charge in [0.2, 0.25) is 0 Å². The standard InChI is InChI=1S/C14H24N2OS/c1-4-5-6-7-8-16-12-9-11(15)14(18-12)13(17)10(2)3/h9-10,16H,4-8,15H2,1-3H3. The fourth-order valence-corrected chi connectivity index (χ4v) is 2.80. The topological polar surface area (TPSA) is 55.1 Å². The molecule has 0 saturated heterocycles. The molecule has 0 aliphatic rings. The van der Waals surface area contributed by atoms with E-state index in [-0.39, 0.29) is 11.7 Å². The van der Waals surface area contributed by atoms with E-state index < -0.39 is 0 Å². The maximum Gasteiger partial charge on any atom is 0.177 e. The van der Waals surface area contributed by atoms with Gasteiger partial charge in [0.05, 0.1) is 15.6 Å². The molecule has 0 saturated carbocycles. The van der Waals surface area contributed by atoms with E-state index in [2.05, 4.69) is 12.2 Å². The third-order valence-corrected chi connectivity index (χ3v) is 3.96. The summed E-state index contributed by atoms with van der Waals surface area (Å²) in [5.74, 6) is 0.139. The third kappa shape index (κ3) is 4.33. The number of hydrogen-bond donors (Lipinski definition) is 2. The van der Waals surface area contributed by atoms with Crippen LogP contribution in [0.25, 0.3) is 0 Å². The van der Waals surface area contributed by atoms with Crippen LogP contribution in [0.15, 0.2) is 6.07 Å². The lowest BCUT2D eigenvalue weighted by Crippen LogP contribution is -2.07. The van der Waals surface area contributed by atoms with Gasteiger partial charge in [-0.15, -0.1) is 11.3 Å². The van der Waals surface area contributed by atoms with Gasteiger partial charge < -0.3 is 11.1 Å². The molecule has 0 radical (unpaired) electrons. The summed E-state index contributed by atoms with van der Waals surface area (Å²) in [5, 5.41) is 4.35. The van der Waals surface area contributed by atoms with Crippen LogP contribution in [0.3, 0.4) is 0 Å². The summed E-state index contributed by atoms with van der Waals surface area (Å²) in [6.07, 6.45) is 4.95. The molecule has 0 amide bonds. The number of carbonyl (C=O) groups is 1. The largest absolute Gasteiger partial charge is 0.397 e. The van der Waals surface area contributed by atoms with Crippen LogP contribution in [0, 0.1) is 5.92 Å². The number of nitrogen functional groups attached to an aromatic ring is 1. The van der Waals surface area contributed by atoms with Crippen LogP contribution in [0.4, 0.5) is 10.7 Å². The number of anilines is 2. The lowest BCUT2D eigenvalue weighted by molar-refractivity contribution is 0.0944. The van der Waals surface area contributed by atoms with E-state index in [0.29, 0.717) is 10.6 Å². The fraction of sp³-hybridized carbons (Fsp3) is 0.643. The Labute approximate surface area is 114 Å². The second-order valence-electron chi connectivity index (χ2n) is 4.90. The van der Waals surface area contributed by atoms with Crippen molar-refractivity contribution in [1.29, 1.82) is 0 Å². The van der Waals surface area contributed by atoms with Crippen molar-refractivity contribution >= 4 is 27.8 Å². The Morgan fingerprint density at radius 3 is 2.72 bits per heavy atom. The zero-order valence-electron chi connectivity index (χ0n) is 11.6. The molecule has 1 rings (SSSR count). The summed E-state index contributed by atoms with van der Waals surface area (Å²) in [6, 6.07) is 1.88. The molecule has 1 aromatic rings. The minimum atomic E-state index is 0.00311. The van der Waals surface area contributed by atoms with Crippen LogP contribution in [-0.2, 0) is 0 Å². The van der Waals surface area contributed by atoms with Gasteiger partial charge in [0.1, 0.15) is 0 Å². The van der Waals surface area contributed by atoms with E-state index in [4.69, 9.17) is 5.73 Å². The second kappa shape index (κ2) is 7.41. The minimum Gasteiger partial charge on any atom is -0.397 e. The number of nitrogens with two attached hydrogens (primary N) is 1. The molecule has 102 valence electrons. The first-order chi connectivity index (χ1) is 8.56. The molecular formula is C14H24N2OS. The van der Waals surface area contributed by atoms with Gasteiger partial charge in [-0.05, 0) is 12.5 Å². The van der Waals surface area contributed by atoms with Gasteiger partial charge in [-0.2, -0.15) is 0 Å². The van der Waals surface area contributed by atoms with Crippen LogP contribution in [0.5, 0.6) is 0 Å². The molecule has 0 aliphatic carbocycles. The molecule has 0 aliphatic heterocycles. The summed E-state index contributed by atoms with van der Waals surface area (Å²) in [6.45, 7) is 6.96. The Hall–Kier alpha value is -1.03. The average Bonchev–Trinajstić information content (AvgIpc) is 2.69. The number of thiophene rings is 1. The quantitative estimate of drug-likeness (QED) is 0.550. The number of ketones is 1. The summed E-state index contributed by atoms with van der Waals surface area (Å²) in [7, 11) is 0. The number of nitrogens with one attached hydrogen (secondary N) is 1. The second-order valence-corrected chi connectivity index (χ2v) is 5.95. The van der Waals surface area contributed by atoms with Crippen LogP contribution in [0.2, 0.25) is 0 Å². The number of Topliss-reactive ketones (excluding diaryl/α,β-unsaturated/α-hetero) is 1. The molecule has 3 N–H and O–H groups in total. The molecule has 18 heavy (non-hydrogen) atoms. The number of unbranched alkanes of at least 4 members (excludes halogenated alkanes) is 3. The highest BCUT2D eigenvalue weighted by Crippen LogP contribution is 2.31. The van der Waals surface area contributed by atoms with Crippen molar-refractivity contribution in [2.45, 2.75) is 46.5 Å². The molecule has 0 aromatic carbocycles. The molecular weight excluding hydrogens is 244 g/mol.